The summed E-state index contributed by atoms with van der Waals surface area (Å²) in [5.41, 5.74) is 2.40. The lowest BCUT2D eigenvalue weighted by molar-refractivity contribution is 0.296. The number of ether oxygens (including phenoxy) is 1. The highest BCUT2D eigenvalue weighted by molar-refractivity contribution is 5.80. The summed E-state index contributed by atoms with van der Waals surface area (Å²) in [6, 6.07) is 7.02. The summed E-state index contributed by atoms with van der Waals surface area (Å²) in [5, 5.41) is 6.76. The second-order valence-corrected chi connectivity index (χ2v) is 6.48. The third-order valence-corrected chi connectivity index (χ3v) is 4.06. The number of aryl methyl sites for hydroxylation is 1. The van der Waals surface area contributed by atoms with E-state index in [-0.39, 0.29) is 0 Å². The molecule has 0 atom stereocenters. The van der Waals surface area contributed by atoms with Gasteiger partial charge in [-0.15, -0.1) is 0 Å². The molecule has 2 saturated carbocycles. The van der Waals surface area contributed by atoms with Gasteiger partial charge in [-0.05, 0) is 57.1 Å². The first-order valence-corrected chi connectivity index (χ1v) is 8.51. The van der Waals surface area contributed by atoms with E-state index in [1.807, 2.05) is 0 Å². The normalized spacial score (nSPS) is 18.2. The topological polar surface area (TPSA) is 45.7 Å². The Morgan fingerprint density at radius 2 is 2.09 bits per heavy atom. The van der Waals surface area contributed by atoms with Gasteiger partial charge < -0.3 is 15.4 Å². The Morgan fingerprint density at radius 3 is 2.77 bits per heavy atom. The summed E-state index contributed by atoms with van der Waals surface area (Å²) < 4.78 is 6.02. The van der Waals surface area contributed by atoms with Gasteiger partial charge in [-0.3, -0.25) is 0 Å². The van der Waals surface area contributed by atoms with Gasteiger partial charge >= 0.3 is 0 Å². The molecule has 2 aliphatic carbocycles. The minimum atomic E-state index is 0.612. The van der Waals surface area contributed by atoms with Crippen LogP contribution in [0.2, 0.25) is 0 Å². The molecule has 0 radical (unpaired) electrons. The average molecular weight is 301 g/mol. The minimum Gasteiger partial charge on any atom is -0.493 e. The zero-order chi connectivity index (χ0) is 15.4. The molecule has 1 aromatic rings. The van der Waals surface area contributed by atoms with E-state index in [1.54, 1.807) is 0 Å². The molecule has 3 rings (SSSR count). The highest BCUT2D eigenvalue weighted by Gasteiger charge is 2.23. The van der Waals surface area contributed by atoms with E-state index in [1.165, 1.54) is 36.8 Å². The van der Waals surface area contributed by atoms with Crippen molar-refractivity contribution in [1.82, 2.24) is 10.6 Å². The fraction of sp³-hybridized carbons (Fsp3) is 0.611. The zero-order valence-corrected chi connectivity index (χ0v) is 13.7. The molecule has 2 N–H and O–H groups in total. The maximum atomic E-state index is 6.02. The van der Waals surface area contributed by atoms with Gasteiger partial charge in [-0.25, -0.2) is 4.99 Å². The van der Waals surface area contributed by atoms with Crippen LogP contribution in [0.5, 0.6) is 5.75 Å². The van der Waals surface area contributed by atoms with E-state index in [9.17, 15) is 0 Å². The first-order chi connectivity index (χ1) is 10.7. The van der Waals surface area contributed by atoms with Crippen LogP contribution < -0.4 is 15.4 Å². The Kier molecular flexibility index (Phi) is 4.86. The summed E-state index contributed by atoms with van der Waals surface area (Å²) in [5.74, 6) is 2.68. The van der Waals surface area contributed by atoms with Gasteiger partial charge in [0.15, 0.2) is 5.96 Å². The second-order valence-electron chi connectivity index (χ2n) is 6.48. The predicted octanol–water partition coefficient (Wildman–Crippen LogP) is 3.00. The van der Waals surface area contributed by atoms with Gasteiger partial charge in [0, 0.05) is 18.2 Å². The largest absolute Gasteiger partial charge is 0.493 e. The van der Waals surface area contributed by atoms with Crippen molar-refractivity contribution in [3.8, 4) is 5.75 Å². The highest BCUT2D eigenvalue weighted by Crippen LogP contribution is 2.31. The average Bonchev–Trinajstić information content (AvgIpc) is 3.39. The molecule has 0 amide bonds. The van der Waals surface area contributed by atoms with Crippen LogP contribution in [0.4, 0.5) is 0 Å². The molecular formula is C18H27N3O. The summed E-state index contributed by atoms with van der Waals surface area (Å²) in [6.45, 7) is 6.59. The van der Waals surface area contributed by atoms with Crippen molar-refractivity contribution in [2.75, 3.05) is 13.2 Å². The van der Waals surface area contributed by atoms with Gasteiger partial charge in [0.2, 0.25) is 0 Å². The number of benzene rings is 1. The Bertz CT molecular complexity index is 533. The van der Waals surface area contributed by atoms with Crippen LogP contribution in [0, 0.1) is 12.8 Å². The molecule has 4 nitrogen and oxygen atoms in total. The zero-order valence-electron chi connectivity index (χ0n) is 13.7. The van der Waals surface area contributed by atoms with Crippen molar-refractivity contribution >= 4 is 5.96 Å². The SMILES string of the molecule is CCNC(=NCc1ccc(C)cc1OCC1CC1)NC1CC1. The van der Waals surface area contributed by atoms with E-state index in [2.05, 4.69) is 42.7 Å². The van der Waals surface area contributed by atoms with E-state index < -0.39 is 0 Å². The molecule has 2 aliphatic rings. The van der Waals surface area contributed by atoms with Crippen molar-refractivity contribution in [3.63, 3.8) is 0 Å². The maximum absolute atomic E-state index is 6.02. The maximum Gasteiger partial charge on any atom is 0.191 e. The molecule has 4 heteroatoms. The van der Waals surface area contributed by atoms with Crippen molar-refractivity contribution < 1.29 is 4.74 Å². The Hall–Kier alpha value is -1.71. The van der Waals surface area contributed by atoms with Crippen molar-refractivity contribution in [3.05, 3.63) is 29.3 Å². The Labute approximate surface area is 133 Å². The highest BCUT2D eigenvalue weighted by atomic mass is 16.5. The molecule has 0 aromatic heterocycles. The third kappa shape index (κ3) is 4.65. The number of nitrogens with zero attached hydrogens (tertiary/aromatic N) is 1. The van der Waals surface area contributed by atoms with Crippen LogP contribution in [0.3, 0.4) is 0 Å². The van der Waals surface area contributed by atoms with E-state index >= 15 is 0 Å². The van der Waals surface area contributed by atoms with Crippen LogP contribution in [-0.4, -0.2) is 25.2 Å². The van der Waals surface area contributed by atoms with Crippen LogP contribution in [0.25, 0.3) is 0 Å². The van der Waals surface area contributed by atoms with Crippen LogP contribution in [0.1, 0.15) is 43.7 Å². The van der Waals surface area contributed by atoms with Gasteiger partial charge in [0.05, 0.1) is 13.2 Å². The predicted molar refractivity (Wildman–Crippen MR) is 90.4 cm³/mol. The smallest absolute Gasteiger partial charge is 0.191 e. The quantitative estimate of drug-likeness (QED) is 0.601. The molecule has 1 aromatic carbocycles. The third-order valence-electron chi connectivity index (χ3n) is 4.06. The van der Waals surface area contributed by atoms with E-state index in [4.69, 9.17) is 9.73 Å². The van der Waals surface area contributed by atoms with Crippen molar-refractivity contribution in [2.24, 2.45) is 10.9 Å². The monoisotopic (exact) mass is 301 g/mol. The number of hydrogen-bond donors (Lipinski definition) is 2. The Morgan fingerprint density at radius 1 is 1.27 bits per heavy atom. The van der Waals surface area contributed by atoms with Crippen molar-refractivity contribution in [2.45, 2.75) is 52.1 Å². The molecule has 120 valence electrons. The van der Waals surface area contributed by atoms with E-state index in [0.717, 1.165) is 30.8 Å². The molecule has 0 bridgehead atoms. The van der Waals surface area contributed by atoms with Gasteiger partial charge in [0.25, 0.3) is 0 Å². The molecule has 0 spiro atoms. The van der Waals surface area contributed by atoms with Gasteiger partial charge in [-0.2, -0.15) is 0 Å². The lowest BCUT2D eigenvalue weighted by Gasteiger charge is -2.13. The van der Waals surface area contributed by atoms with E-state index in [0.29, 0.717) is 12.6 Å². The van der Waals surface area contributed by atoms with Crippen LogP contribution in [0.15, 0.2) is 23.2 Å². The number of rotatable bonds is 7. The molecule has 0 aliphatic heterocycles. The number of aliphatic imine (C=N–C) groups is 1. The fourth-order valence-electron chi connectivity index (χ4n) is 2.32. The summed E-state index contributed by atoms with van der Waals surface area (Å²) in [6.07, 6.45) is 5.14. The van der Waals surface area contributed by atoms with Gasteiger partial charge in [0.1, 0.15) is 5.75 Å². The van der Waals surface area contributed by atoms with Crippen LogP contribution in [-0.2, 0) is 6.54 Å². The summed E-state index contributed by atoms with van der Waals surface area (Å²) in [7, 11) is 0. The van der Waals surface area contributed by atoms with Crippen LogP contribution >= 0.6 is 0 Å². The lowest BCUT2D eigenvalue weighted by Crippen LogP contribution is -2.38. The molecule has 0 unspecified atom stereocenters. The summed E-state index contributed by atoms with van der Waals surface area (Å²) >= 11 is 0. The second kappa shape index (κ2) is 7.03. The number of guanidine groups is 1. The molecule has 0 heterocycles. The standard InChI is InChI=1S/C18H27N3O/c1-3-19-18(21-16-8-9-16)20-11-15-7-4-13(2)10-17(15)22-12-14-5-6-14/h4,7,10,14,16H,3,5-6,8-9,11-12H2,1-2H3,(H2,19,20,21). The van der Waals surface area contributed by atoms with Crippen molar-refractivity contribution in [1.29, 1.82) is 0 Å². The molecule has 22 heavy (non-hydrogen) atoms. The van der Waals surface area contributed by atoms with Gasteiger partial charge in [-0.1, -0.05) is 12.1 Å². The number of hydrogen-bond acceptors (Lipinski definition) is 2. The first-order valence-electron chi connectivity index (χ1n) is 8.51. The molecular weight excluding hydrogens is 274 g/mol. The Balaban J connectivity index is 1.65. The number of nitrogens with one attached hydrogen (secondary N) is 2. The molecule has 0 saturated heterocycles. The fourth-order valence-corrected chi connectivity index (χ4v) is 2.32. The summed E-state index contributed by atoms with van der Waals surface area (Å²) in [4.78, 5) is 4.71. The molecule has 2 fully saturated rings. The first kappa shape index (κ1) is 15.2. The lowest BCUT2D eigenvalue weighted by atomic mass is 10.1. The minimum absolute atomic E-state index is 0.612.